The van der Waals surface area contributed by atoms with Crippen molar-refractivity contribution in [3.8, 4) is 0 Å². The first-order valence-electron chi connectivity index (χ1n) is 6.35. The summed E-state index contributed by atoms with van der Waals surface area (Å²) in [5.74, 6) is -0.392. The summed E-state index contributed by atoms with van der Waals surface area (Å²) in [5, 5.41) is 3.31. The molecular formula is C14H20ClN3O2. The maximum Gasteiger partial charge on any atom is 0.240 e. The van der Waals surface area contributed by atoms with Crippen LogP contribution in [0.4, 0.5) is 5.69 Å². The van der Waals surface area contributed by atoms with Crippen LogP contribution in [0, 0.1) is 0 Å². The van der Waals surface area contributed by atoms with E-state index in [1.54, 1.807) is 24.3 Å². The van der Waals surface area contributed by atoms with Crippen molar-refractivity contribution < 1.29 is 9.59 Å². The van der Waals surface area contributed by atoms with Crippen molar-refractivity contribution in [3.63, 3.8) is 0 Å². The van der Waals surface area contributed by atoms with Gasteiger partial charge in [-0.3, -0.25) is 9.59 Å². The number of halogens is 1. The summed E-state index contributed by atoms with van der Waals surface area (Å²) in [6, 6.07) is 6.88. The molecule has 0 fully saturated rings. The first kappa shape index (κ1) is 16.5. The number of benzene rings is 1. The molecule has 1 N–H and O–H groups in total. The number of nitrogens with one attached hydrogen (secondary N) is 1. The Balaban J connectivity index is 2.64. The van der Waals surface area contributed by atoms with Gasteiger partial charge in [-0.2, -0.15) is 0 Å². The minimum Gasteiger partial charge on any atom is -0.353 e. The van der Waals surface area contributed by atoms with Gasteiger partial charge in [0, 0.05) is 30.7 Å². The molecule has 0 aromatic heterocycles. The van der Waals surface area contributed by atoms with Gasteiger partial charge in [0.1, 0.15) is 6.54 Å². The Morgan fingerprint density at radius 1 is 1.30 bits per heavy atom. The smallest absolute Gasteiger partial charge is 0.240 e. The highest BCUT2D eigenvalue weighted by molar-refractivity contribution is 6.30. The predicted octanol–water partition coefficient (Wildman–Crippen LogP) is 1.37. The molecule has 0 aliphatic heterocycles. The average Bonchev–Trinajstić information content (AvgIpc) is 2.35. The highest BCUT2D eigenvalue weighted by atomic mass is 35.5. The lowest BCUT2D eigenvalue weighted by atomic mass is 10.2. The molecule has 0 atom stereocenters. The van der Waals surface area contributed by atoms with E-state index in [1.165, 1.54) is 11.8 Å². The maximum atomic E-state index is 11.8. The second-order valence-corrected chi connectivity index (χ2v) is 5.17. The Morgan fingerprint density at radius 2 is 2.00 bits per heavy atom. The Bertz CT molecular complexity index is 477. The maximum absolute atomic E-state index is 11.8. The largest absolute Gasteiger partial charge is 0.353 e. The van der Waals surface area contributed by atoms with Crippen molar-refractivity contribution in [1.82, 2.24) is 10.2 Å². The van der Waals surface area contributed by atoms with Gasteiger partial charge in [-0.1, -0.05) is 17.7 Å². The monoisotopic (exact) mass is 297 g/mol. The normalized spacial score (nSPS) is 10.4. The van der Waals surface area contributed by atoms with Crippen LogP contribution in [0.25, 0.3) is 0 Å². The van der Waals surface area contributed by atoms with E-state index in [0.29, 0.717) is 17.3 Å². The fraction of sp³-hybridized carbons (Fsp3) is 0.429. The standard InChI is InChI=1S/C14H20ClN3O2/c1-11(19)18(13-6-4-5-12(15)9-13)10-14(20)16-7-8-17(2)3/h4-6,9H,7-8,10H2,1-3H3,(H,16,20). The van der Waals surface area contributed by atoms with Crippen molar-refractivity contribution in [2.75, 3.05) is 38.6 Å². The van der Waals surface area contributed by atoms with Crippen LogP contribution in [-0.4, -0.2) is 50.4 Å². The van der Waals surface area contributed by atoms with Crippen LogP contribution in [-0.2, 0) is 9.59 Å². The number of hydrogen-bond donors (Lipinski definition) is 1. The van der Waals surface area contributed by atoms with E-state index in [4.69, 9.17) is 11.6 Å². The minimum absolute atomic E-state index is 0.0108. The third-order valence-corrected chi connectivity index (χ3v) is 2.92. The van der Waals surface area contributed by atoms with Crippen molar-refractivity contribution in [2.24, 2.45) is 0 Å². The highest BCUT2D eigenvalue weighted by Gasteiger charge is 2.15. The molecule has 0 unspecified atom stereocenters. The molecule has 6 heteroatoms. The molecule has 5 nitrogen and oxygen atoms in total. The van der Waals surface area contributed by atoms with E-state index in [-0.39, 0.29) is 18.4 Å². The molecule has 0 saturated heterocycles. The van der Waals surface area contributed by atoms with Gasteiger partial charge in [-0.05, 0) is 32.3 Å². The van der Waals surface area contributed by atoms with E-state index in [9.17, 15) is 9.59 Å². The number of likely N-dealkylation sites (N-methyl/N-ethyl adjacent to an activating group) is 1. The SMILES string of the molecule is CC(=O)N(CC(=O)NCCN(C)C)c1cccc(Cl)c1. The third kappa shape index (κ3) is 5.59. The predicted molar refractivity (Wildman–Crippen MR) is 81.0 cm³/mol. The topological polar surface area (TPSA) is 52.7 Å². The molecule has 0 heterocycles. The molecule has 0 saturated carbocycles. The zero-order valence-corrected chi connectivity index (χ0v) is 12.8. The fourth-order valence-electron chi connectivity index (χ4n) is 1.65. The van der Waals surface area contributed by atoms with E-state index >= 15 is 0 Å². The molecule has 1 aromatic carbocycles. The number of carbonyl (C=O) groups excluding carboxylic acids is 2. The zero-order chi connectivity index (χ0) is 15.1. The summed E-state index contributed by atoms with van der Waals surface area (Å²) in [5.41, 5.74) is 0.618. The van der Waals surface area contributed by atoms with Crippen molar-refractivity contribution in [2.45, 2.75) is 6.92 Å². The molecule has 2 amide bonds. The zero-order valence-electron chi connectivity index (χ0n) is 12.0. The van der Waals surface area contributed by atoms with E-state index in [1.807, 2.05) is 19.0 Å². The summed E-state index contributed by atoms with van der Waals surface area (Å²) in [4.78, 5) is 26.9. The molecule has 0 bridgehead atoms. The van der Waals surface area contributed by atoms with Crippen LogP contribution in [0.2, 0.25) is 5.02 Å². The number of rotatable bonds is 6. The molecule has 20 heavy (non-hydrogen) atoms. The van der Waals surface area contributed by atoms with Gasteiger partial charge in [0.05, 0.1) is 0 Å². The van der Waals surface area contributed by atoms with Gasteiger partial charge in [0.15, 0.2) is 0 Å². The first-order chi connectivity index (χ1) is 9.40. The van der Waals surface area contributed by atoms with E-state index in [2.05, 4.69) is 5.32 Å². The van der Waals surface area contributed by atoms with E-state index < -0.39 is 0 Å². The lowest BCUT2D eigenvalue weighted by Crippen LogP contribution is -2.41. The van der Waals surface area contributed by atoms with Gasteiger partial charge in [-0.25, -0.2) is 0 Å². The molecule has 0 radical (unpaired) electrons. The van der Waals surface area contributed by atoms with Gasteiger partial charge >= 0.3 is 0 Å². The van der Waals surface area contributed by atoms with Crippen molar-refractivity contribution in [3.05, 3.63) is 29.3 Å². The lowest BCUT2D eigenvalue weighted by Gasteiger charge is -2.21. The van der Waals surface area contributed by atoms with Gasteiger partial charge in [0.2, 0.25) is 11.8 Å². The molecule has 0 aliphatic carbocycles. The van der Waals surface area contributed by atoms with Crippen LogP contribution < -0.4 is 10.2 Å². The summed E-state index contributed by atoms with van der Waals surface area (Å²) in [6.07, 6.45) is 0. The highest BCUT2D eigenvalue weighted by Crippen LogP contribution is 2.19. The Labute approximate surface area is 124 Å². The Hall–Kier alpha value is -1.59. The number of anilines is 1. The van der Waals surface area contributed by atoms with Crippen LogP contribution in [0.1, 0.15) is 6.92 Å². The third-order valence-electron chi connectivity index (χ3n) is 2.68. The first-order valence-corrected chi connectivity index (χ1v) is 6.73. The average molecular weight is 298 g/mol. The van der Waals surface area contributed by atoms with Crippen molar-refractivity contribution >= 4 is 29.1 Å². The summed E-state index contributed by atoms with van der Waals surface area (Å²) >= 11 is 5.90. The Kier molecular flexibility index (Phi) is 6.48. The summed E-state index contributed by atoms with van der Waals surface area (Å²) in [6.45, 7) is 2.72. The minimum atomic E-state index is -0.199. The molecule has 110 valence electrons. The van der Waals surface area contributed by atoms with Crippen LogP contribution in [0.15, 0.2) is 24.3 Å². The second-order valence-electron chi connectivity index (χ2n) is 4.74. The summed E-state index contributed by atoms with van der Waals surface area (Å²) in [7, 11) is 3.86. The molecule has 0 spiro atoms. The number of carbonyl (C=O) groups is 2. The Morgan fingerprint density at radius 3 is 2.55 bits per heavy atom. The quantitative estimate of drug-likeness (QED) is 0.863. The summed E-state index contributed by atoms with van der Waals surface area (Å²) < 4.78 is 0. The van der Waals surface area contributed by atoms with Gasteiger partial charge in [0.25, 0.3) is 0 Å². The molecule has 1 rings (SSSR count). The fourth-order valence-corrected chi connectivity index (χ4v) is 1.83. The number of amides is 2. The molecular weight excluding hydrogens is 278 g/mol. The number of hydrogen-bond acceptors (Lipinski definition) is 3. The molecule has 0 aliphatic rings. The van der Waals surface area contributed by atoms with Gasteiger partial charge in [-0.15, -0.1) is 0 Å². The second kappa shape index (κ2) is 7.87. The lowest BCUT2D eigenvalue weighted by molar-refractivity contribution is -0.123. The van der Waals surface area contributed by atoms with Crippen LogP contribution in [0.3, 0.4) is 0 Å². The van der Waals surface area contributed by atoms with Crippen LogP contribution >= 0.6 is 11.6 Å². The number of nitrogens with zero attached hydrogens (tertiary/aromatic N) is 2. The van der Waals surface area contributed by atoms with Crippen LogP contribution in [0.5, 0.6) is 0 Å². The molecule has 1 aromatic rings. The van der Waals surface area contributed by atoms with Gasteiger partial charge < -0.3 is 15.1 Å². The van der Waals surface area contributed by atoms with Crippen molar-refractivity contribution in [1.29, 1.82) is 0 Å². The van der Waals surface area contributed by atoms with E-state index in [0.717, 1.165) is 6.54 Å².